The Balaban J connectivity index is 1.91. The van der Waals surface area contributed by atoms with Gasteiger partial charge in [-0.3, -0.25) is 4.90 Å². The predicted molar refractivity (Wildman–Crippen MR) is 83.5 cm³/mol. The first-order chi connectivity index (χ1) is 10.00. The normalized spacial score (nSPS) is 22.1. The maximum atomic E-state index is 11.6. The number of benzene rings is 1. The topological polar surface area (TPSA) is 58.6 Å². The summed E-state index contributed by atoms with van der Waals surface area (Å²) in [6.07, 6.45) is -0.108. The first-order valence-corrected chi connectivity index (χ1v) is 9.03. The summed E-state index contributed by atoms with van der Waals surface area (Å²) in [7, 11) is -3.19. The minimum atomic E-state index is -3.19. The first-order valence-electron chi connectivity index (χ1n) is 7.38. The van der Waals surface area contributed by atoms with Crippen molar-refractivity contribution in [3.05, 3.63) is 35.9 Å². The van der Waals surface area contributed by atoms with Crippen molar-refractivity contribution in [3.63, 3.8) is 0 Å². The molecule has 0 spiro atoms. The Morgan fingerprint density at radius 3 is 2.76 bits per heavy atom. The van der Waals surface area contributed by atoms with Crippen LogP contribution in [0, 0.1) is 0 Å². The van der Waals surface area contributed by atoms with Crippen LogP contribution >= 0.6 is 0 Å². The highest BCUT2D eigenvalue weighted by Crippen LogP contribution is 2.13. The third-order valence-electron chi connectivity index (χ3n) is 3.73. The van der Waals surface area contributed by atoms with Crippen molar-refractivity contribution in [3.8, 4) is 0 Å². The van der Waals surface area contributed by atoms with Gasteiger partial charge in [-0.2, -0.15) is 0 Å². The number of morpholine rings is 1. The molecular formula is C15H24N2O3S. The van der Waals surface area contributed by atoms with Gasteiger partial charge in [0.15, 0.2) is 0 Å². The molecule has 1 saturated heterocycles. The third kappa shape index (κ3) is 5.07. The molecule has 1 aromatic carbocycles. The Morgan fingerprint density at radius 2 is 2.10 bits per heavy atom. The molecule has 5 nitrogen and oxygen atoms in total. The van der Waals surface area contributed by atoms with E-state index in [1.54, 1.807) is 6.92 Å². The molecule has 2 atom stereocenters. The minimum absolute atomic E-state index is 0.0950. The SMILES string of the molecule is CCS(=O)(=O)N[C@H](C)[C@@H]1CN(Cc2ccccc2)CCO1. The van der Waals surface area contributed by atoms with Gasteiger partial charge in [0.05, 0.1) is 18.5 Å². The van der Waals surface area contributed by atoms with Crippen LogP contribution in [0.1, 0.15) is 19.4 Å². The molecule has 0 saturated carbocycles. The molecule has 0 bridgehead atoms. The van der Waals surface area contributed by atoms with Gasteiger partial charge in [0.1, 0.15) is 0 Å². The molecule has 1 aromatic rings. The number of rotatable bonds is 6. The standard InChI is InChI=1S/C15H24N2O3S/c1-3-21(18,19)16-13(2)15-12-17(9-10-20-15)11-14-7-5-4-6-8-14/h4-8,13,15-16H,3,9-12H2,1-2H3/t13-,15+/m1/s1. The molecule has 6 heteroatoms. The molecule has 0 aliphatic carbocycles. The fraction of sp³-hybridized carbons (Fsp3) is 0.600. The molecule has 0 unspecified atom stereocenters. The van der Waals surface area contributed by atoms with Gasteiger partial charge in [-0.05, 0) is 19.4 Å². The van der Waals surface area contributed by atoms with Crippen molar-refractivity contribution in [2.75, 3.05) is 25.4 Å². The summed E-state index contributed by atoms with van der Waals surface area (Å²) < 4.78 is 31.7. The van der Waals surface area contributed by atoms with Crippen molar-refractivity contribution in [2.45, 2.75) is 32.5 Å². The molecular weight excluding hydrogens is 288 g/mol. The van der Waals surface area contributed by atoms with Crippen LogP contribution in [0.4, 0.5) is 0 Å². The van der Waals surface area contributed by atoms with Gasteiger partial charge < -0.3 is 4.74 Å². The van der Waals surface area contributed by atoms with E-state index >= 15 is 0 Å². The maximum Gasteiger partial charge on any atom is 0.211 e. The lowest BCUT2D eigenvalue weighted by molar-refractivity contribution is -0.0427. The smallest absolute Gasteiger partial charge is 0.211 e. The molecule has 118 valence electrons. The molecule has 0 amide bonds. The quantitative estimate of drug-likeness (QED) is 0.858. The van der Waals surface area contributed by atoms with Crippen molar-refractivity contribution in [2.24, 2.45) is 0 Å². The van der Waals surface area contributed by atoms with E-state index in [1.807, 2.05) is 25.1 Å². The predicted octanol–water partition coefficient (Wildman–Crippen LogP) is 1.22. The van der Waals surface area contributed by atoms with E-state index in [4.69, 9.17) is 4.74 Å². The number of nitrogens with one attached hydrogen (secondary N) is 1. The largest absolute Gasteiger partial charge is 0.374 e. The second-order valence-electron chi connectivity index (χ2n) is 5.44. The van der Waals surface area contributed by atoms with Crippen molar-refractivity contribution in [1.29, 1.82) is 0 Å². The van der Waals surface area contributed by atoms with E-state index in [0.29, 0.717) is 6.61 Å². The van der Waals surface area contributed by atoms with Crippen molar-refractivity contribution >= 4 is 10.0 Å². The summed E-state index contributed by atoms with van der Waals surface area (Å²) in [6, 6.07) is 10.1. The second kappa shape index (κ2) is 7.35. The number of hydrogen-bond donors (Lipinski definition) is 1. The zero-order chi connectivity index (χ0) is 15.3. The molecule has 0 radical (unpaired) electrons. The van der Waals surface area contributed by atoms with Gasteiger partial charge >= 0.3 is 0 Å². The van der Waals surface area contributed by atoms with Crippen LogP contribution < -0.4 is 4.72 Å². The number of nitrogens with zero attached hydrogens (tertiary/aromatic N) is 1. The summed E-state index contributed by atoms with van der Waals surface area (Å²) in [6.45, 7) is 6.62. The molecule has 1 aliphatic rings. The highest BCUT2D eigenvalue weighted by atomic mass is 32.2. The highest BCUT2D eigenvalue weighted by Gasteiger charge is 2.27. The van der Waals surface area contributed by atoms with Crippen LogP contribution in [0.25, 0.3) is 0 Å². The monoisotopic (exact) mass is 312 g/mol. The Kier molecular flexibility index (Phi) is 5.75. The van der Waals surface area contributed by atoms with E-state index in [2.05, 4.69) is 21.8 Å². The lowest BCUT2D eigenvalue weighted by Gasteiger charge is -2.36. The van der Waals surface area contributed by atoms with Crippen LogP contribution in [0.5, 0.6) is 0 Å². The first kappa shape index (κ1) is 16.4. The van der Waals surface area contributed by atoms with E-state index in [0.717, 1.165) is 19.6 Å². The van der Waals surface area contributed by atoms with Crippen LogP contribution in [0.3, 0.4) is 0 Å². The molecule has 1 N–H and O–H groups in total. The Labute approximate surface area is 127 Å². The lowest BCUT2D eigenvalue weighted by atomic mass is 10.1. The van der Waals surface area contributed by atoms with E-state index in [-0.39, 0.29) is 17.9 Å². The summed E-state index contributed by atoms with van der Waals surface area (Å²) in [4.78, 5) is 2.31. The number of ether oxygens (including phenoxy) is 1. The lowest BCUT2D eigenvalue weighted by Crippen LogP contribution is -2.52. The Hall–Kier alpha value is -0.950. The average Bonchev–Trinajstić information content (AvgIpc) is 2.48. The van der Waals surface area contributed by atoms with Gasteiger partial charge in [-0.1, -0.05) is 30.3 Å². The van der Waals surface area contributed by atoms with Gasteiger partial charge in [0.25, 0.3) is 0 Å². The average molecular weight is 312 g/mol. The maximum absolute atomic E-state index is 11.6. The summed E-state index contributed by atoms with van der Waals surface area (Å²) >= 11 is 0. The summed E-state index contributed by atoms with van der Waals surface area (Å²) in [5.41, 5.74) is 1.26. The Bertz CT molecular complexity index is 533. The number of sulfonamides is 1. The van der Waals surface area contributed by atoms with Crippen LogP contribution in [-0.2, 0) is 21.3 Å². The van der Waals surface area contributed by atoms with Crippen molar-refractivity contribution < 1.29 is 13.2 Å². The van der Waals surface area contributed by atoms with Gasteiger partial charge in [-0.25, -0.2) is 13.1 Å². The Morgan fingerprint density at radius 1 is 1.38 bits per heavy atom. The second-order valence-corrected chi connectivity index (χ2v) is 7.48. The van der Waals surface area contributed by atoms with Gasteiger partial charge in [0, 0.05) is 25.7 Å². The fourth-order valence-corrected chi connectivity index (χ4v) is 3.35. The van der Waals surface area contributed by atoms with E-state index < -0.39 is 10.0 Å². The van der Waals surface area contributed by atoms with E-state index in [9.17, 15) is 8.42 Å². The fourth-order valence-electron chi connectivity index (χ4n) is 2.46. The molecule has 1 fully saturated rings. The molecule has 21 heavy (non-hydrogen) atoms. The van der Waals surface area contributed by atoms with Gasteiger partial charge in [0.2, 0.25) is 10.0 Å². The third-order valence-corrected chi connectivity index (χ3v) is 5.22. The molecule has 1 heterocycles. The highest BCUT2D eigenvalue weighted by molar-refractivity contribution is 7.89. The summed E-state index contributed by atoms with van der Waals surface area (Å²) in [5.74, 6) is 0.0950. The molecule has 2 rings (SSSR count). The zero-order valence-corrected chi connectivity index (χ0v) is 13.5. The number of hydrogen-bond acceptors (Lipinski definition) is 4. The van der Waals surface area contributed by atoms with E-state index in [1.165, 1.54) is 5.56 Å². The molecule has 1 aliphatic heterocycles. The summed E-state index contributed by atoms with van der Waals surface area (Å²) in [5, 5.41) is 0. The van der Waals surface area contributed by atoms with Crippen LogP contribution in [0.2, 0.25) is 0 Å². The molecule has 0 aromatic heterocycles. The minimum Gasteiger partial charge on any atom is -0.374 e. The van der Waals surface area contributed by atoms with Crippen LogP contribution in [0.15, 0.2) is 30.3 Å². The van der Waals surface area contributed by atoms with Gasteiger partial charge in [-0.15, -0.1) is 0 Å². The van der Waals surface area contributed by atoms with Crippen LogP contribution in [-0.4, -0.2) is 50.9 Å². The zero-order valence-electron chi connectivity index (χ0n) is 12.7. The van der Waals surface area contributed by atoms with Crippen molar-refractivity contribution in [1.82, 2.24) is 9.62 Å².